The van der Waals surface area contributed by atoms with Crippen LogP contribution in [0.15, 0.2) is 24.3 Å². The van der Waals surface area contributed by atoms with Gasteiger partial charge in [0.15, 0.2) is 11.5 Å². The maximum atomic E-state index is 9.84. The molecule has 2 aromatic rings. The highest BCUT2D eigenvalue weighted by molar-refractivity contribution is 5.50. The van der Waals surface area contributed by atoms with Gasteiger partial charge in [0, 0.05) is 48.4 Å². The van der Waals surface area contributed by atoms with Crippen LogP contribution in [0.5, 0.6) is 23.0 Å². The van der Waals surface area contributed by atoms with Gasteiger partial charge in [-0.3, -0.25) is 0 Å². The van der Waals surface area contributed by atoms with Gasteiger partial charge in [0.1, 0.15) is 11.5 Å². The number of benzene rings is 2. The predicted molar refractivity (Wildman–Crippen MR) is 136 cm³/mol. The molecule has 33 heavy (non-hydrogen) atoms. The van der Waals surface area contributed by atoms with Crippen LogP contribution < -0.4 is 0 Å². The SMILES string of the molecule is C.CN(C)Cc1cc(O)c(CN(C)C)cc1O.CN(C)Cc1ccc(CN(C)C)c(O)c1O. The molecule has 0 aliphatic heterocycles. The highest BCUT2D eigenvalue weighted by atomic mass is 16.3. The summed E-state index contributed by atoms with van der Waals surface area (Å²) in [6.07, 6.45) is 0. The minimum Gasteiger partial charge on any atom is -0.508 e. The predicted octanol–water partition coefficient (Wildman–Crippen LogP) is 3.08. The van der Waals surface area contributed by atoms with E-state index in [0.717, 1.165) is 22.3 Å². The lowest BCUT2D eigenvalue weighted by atomic mass is 10.1. The van der Waals surface area contributed by atoms with E-state index in [1.54, 1.807) is 12.1 Å². The van der Waals surface area contributed by atoms with Crippen molar-refractivity contribution in [2.75, 3.05) is 56.4 Å². The molecule has 0 unspecified atom stereocenters. The lowest BCUT2D eigenvalue weighted by Gasteiger charge is -2.16. The number of rotatable bonds is 8. The topological polar surface area (TPSA) is 93.9 Å². The third-order valence-corrected chi connectivity index (χ3v) is 4.54. The van der Waals surface area contributed by atoms with Crippen LogP contribution in [0.25, 0.3) is 0 Å². The Bertz CT molecular complexity index is 781. The molecule has 2 rings (SSSR count). The summed E-state index contributed by atoms with van der Waals surface area (Å²) in [6, 6.07) is 6.98. The van der Waals surface area contributed by atoms with Crippen molar-refractivity contribution in [2.45, 2.75) is 33.6 Å². The molecular formula is C25H44N4O4. The quantitative estimate of drug-likeness (QED) is 0.350. The van der Waals surface area contributed by atoms with Crippen molar-refractivity contribution in [1.29, 1.82) is 0 Å². The van der Waals surface area contributed by atoms with Crippen LogP contribution in [0.2, 0.25) is 0 Å². The molecule has 8 heteroatoms. The second kappa shape index (κ2) is 13.9. The van der Waals surface area contributed by atoms with E-state index < -0.39 is 0 Å². The molecule has 188 valence electrons. The number of phenolic OH excluding ortho intramolecular Hbond substituents is 4. The van der Waals surface area contributed by atoms with Crippen molar-refractivity contribution in [3.05, 3.63) is 46.5 Å². The van der Waals surface area contributed by atoms with Crippen molar-refractivity contribution in [3.8, 4) is 23.0 Å². The summed E-state index contributed by atoms with van der Waals surface area (Å²) in [7, 11) is 15.4. The minimum absolute atomic E-state index is 0. The smallest absolute Gasteiger partial charge is 0.162 e. The lowest BCUT2D eigenvalue weighted by molar-refractivity contribution is 0.354. The first-order valence-corrected chi connectivity index (χ1v) is 10.5. The zero-order valence-corrected chi connectivity index (χ0v) is 20.7. The fourth-order valence-electron chi connectivity index (χ4n) is 3.20. The van der Waals surface area contributed by atoms with Crippen molar-refractivity contribution in [2.24, 2.45) is 0 Å². The molecule has 0 saturated heterocycles. The third-order valence-electron chi connectivity index (χ3n) is 4.54. The Hall–Kier alpha value is -2.52. The highest BCUT2D eigenvalue weighted by Gasteiger charge is 2.12. The molecule has 0 spiro atoms. The first-order chi connectivity index (χ1) is 14.8. The Balaban J connectivity index is 0.000000602. The number of phenols is 4. The Kier molecular flexibility index (Phi) is 12.8. The molecule has 0 heterocycles. The summed E-state index contributed by atoms with van der Waals surface area (Å²) < 4.78 is 0. The number of hydrogen-bond acceptors (Lipinski definition) is 8. The zero-order valence-electron chi connectivity index (χ0n) is 20.7. The van der Waals surface area contributed by atoms with Crippen LogP contribution in [0, 0.1) is 0 Å². The van der Waals surface area contributed by atoms with Crippen LogP contribution in [0.3, 0.4) is 0 Å². The largest absolute Gasteiger partial charge is 0.508 e. The van der Waals surface area contributed by atoms with Gasteiger partial charge in [0.05, 0.1) is 0 Å². The van der Waals surface area contributed by atoms with Gasteiger partial charge >= 0.3 is 0 Å². The molecule has 0 fully saturated rings. The van der Waals surface area contributed by atoms with E-state index in [1.807, 2.05) is 88.1 Å². The van der Waals surface area contributed by atoms with Crippen LogP contribution in [0.4, 0.5) is 0 Å². The molecule has 0 saturated carbocycles. The normalized spacial score (nSPS) is 11.0. The Labute approximate surface area is 199 Å². The lowest BCUT2D eigenvalue weighted by Crippen LogP contribution is -2.12. The molecule has 2 aromatic carbocycles. The summed E-state index contributed by atoms with van der Waals surface area (Å²) in [6.45, 7) is 2.45. The molecule has 0 aromatic heterocycles. The van der Waals surface area contributed by atoms with Gasteiger partial charge in [-0.25, -0.2) is 0 Å². The van der Waals surface area contributed by atoms with Gasteiger partial charge in [0.2, 0.25) is 0 Å². The Morgan fingerprint density at radius 3 is 0.970 bits per heavy atom. The van der Waals surface area contributed by atoms with E-state index in [-0.39, 0.29) is 30.4 Å². The van der Waals surface area contributed by atoms with Crippen LogP contribution in [0.1, 0.15) is 29.7 Å². The van der Waals surface area contributed by atoms with Crippen molar-refractivity contribution < 1.29 is 20.4 Å². The standard InChI is InChI=1S/2C12H20N2O2.CH4/c1-13(2)7-9-5-12(16)10(6-11(9)15)8-14(3)4;1-13(2)7-9-5-6-10(8-14(3)4)12(16)11(9)15;/h2*5-6,15-16H,7-8H2,1-4H3;1H4. The zero-order chi connectivity index (χ0) is 24.6. The molecule has 0 atom stereocenters. The van der Waals surface area contributed by atoms with E-state index in [4.69, 9.17) is 0 Å². The molecule has 8 nitrogen and oxygen atoms in total. The fraction of sp³-hybridized carbons (Fsp3) is 0.520. The molecule has 0 bridgehead atoms. The highest BCUT2D eigenvalue weighted by Crippen LogP contribution is 2.33. The first-order valence-electron chi connectivity index (χ1n) is 10.5. The molecule has 0 aliphatic rings. The monoisotopic (exact) mass is 464 g/mol. The van der Waals surface area contributed by atoms with Crippen molar-refractivity contribution >= 4 is 0 Å². The Morgan fingerprint density at radius 1 is 0.485 bits per heavy atom. The average molecular weight is 465 g/mol. The molecular weight excluding hydrogens is 420 g/mol. The first kappa shape index (κ1) is 30.5. The van der Waals surface area contributed by atoms with E-state index in [1.165, 1.54) is 0 Å². The number of aromatic hydroxyl groups is 4. The van der Waals surface area contributed by atoms with E-state index >= 15 is 0 Å². The summed E-state index contributed by atoms with van der Waals surface area (Å²) in [5.41, 5.74) is 2.96. The van der Waals surface area contributed by atoms with E-state index in [0.29, 0.717) is 26.2 Å². The maximum Gasteiger partial charge on any atom is 0.162 e. The third kappa shape index (κ3) is 10.3. The van der Waals surface area contributed by atoms with Crippen molar-refractivity contribution in [3.63, 3.8) is 0 Å². The maximum absolute atomic E-state index is 9.84. The molecule has 0 amide bonds. The summed E-state index contributed by atoms with van der Waals surface area (Å²) >= 11 is 0. The molecule has 4 N–H and O–H groups in total. The van der Waals surface area contributed by atoms with E-state index in [9.17, 15) is 20.4 Å². The van der Waals surface area contributed by atoms with Crippen LogP contribution >= 0.6 is 0 Å². The van der Waals surface area contributed by atoms with E-state index in [2.05, 4.69) is 0 Å². The van der Waals surface area contributed by atoms with Crippen LogP contribution in [-0.2, 0) is 26.2 Å². The number of nitrogens with zero attached hydrogens (tertiary/aromatic N) is 4. The molecule has 0 aliphatic carbocycles. The summed E-state index contributed by atoms with van der Waals surface area (Å²) in [5.74, 6) is 0.466. The van der Waals surface area contributed by atoms with Gasteiger partial charge in [-0.15, -0.1) is 0 Å². The van der Waals surface area contributed by atoms with Gasteiger partial charge in [-0.2, -0.15) is 0 Å². The molecule has 0 radical (unpaired) electrons. The van der Waals surface area contributed by atoms with Gasteiger partial charge in [0.25, 0.3) is 0 Å². The van der Waals surface area contributed by atoms with Gasteiger partial charge in [-0.05, 0) is 68.5 Å². The van der Waals surface area contributed by atoms with Crippen molar-refractivity contribution in [1.82, 2.24) is 19.6 Å². The summed E-state index contributed by atoms with van der Waals surface area (Å²) in [4.78, 5) is 7.78. The van der Waals surface area contributed by atoms with Gasteiger partial charge < -0.3 is 40.0 Å². The Morgan fingerprint density at radius 2 is 0.727 bits per heavy atom. The number of hydrogen-bond donors (Lipinski definition) is 4. The average Bonchev–Trinajstić information content (AvgIpc) is 2.65. The van der Waals surface area contributed by atoms with Gasteiger partial charge in [-0.1, -0.05) is 19.6 Å². The minimum atomic E-state index is -0.00644. The second-order valence-electron chi connectivity index (χ2n) is 9.14. The summed E-state index contributed by atoms with van der Waals surface area (Å²) in [5, 5.41) is 39.3. The fourth-order valence-corrected chi connectivity index (χ4v) is 3.20. The van der Waals surface area contributed by atoms with Crippen LogP contribution in [-0.4, -0.2) is 96.4 Å². The second-order valence-corrected chi connectivity index (χ2v) is 9.14.